The Bertz CT molecular complexity index is 615. The number of aryl methyl sites for hydroxylation is 1. The van der Waals surface area contributed by atoms with Crippen molar-refractivity contribution >= 4 is 21.8 Å². The Kier molecular flexibility index (Phi) is 6.56. The maximum atomic E-state index is 12.3. The summed E-state index contributed by atoms with van der Waals surface area (Å²) in [5, 5.41) is 8.89. The van der Waals surface area contributed by atoms with Crippen LogP contribution in [0.1, 0.15) is 18.1 Å². The van der Waals surface area contributed by atoms with Gasteiger partial charge in [-0.15, -0.1) is 0 Å². The fraction of sp³-hybridized carbons (Fsp3) is 0.429. The van der Waals surface area contributed by atoms with Gasteiger partial charge >= 0.3 is 0 Å². The molecule has 1 aromatic rings. The van der Waals surface area contributed by atoms with Crippen LogP contribution < -0.4 is 4.72 Å². The SMILES string of the molecule is CSC(C)CNS(=O)(=O)c1cc(C#CCO)ccc1C. The minimum absolute atomic E-state index is 0.211. The molecule has 0 saturated heterocycles. The molecular formula is C14H19NO3S2. The molecule has 0 heterocycles. The van der Waals surface area contributed by atoms with Crippen molar-refractivity contribution in [2.45, 2.75) is 24.0 Å². The van der Waals surface area contributed by atoms with Crippen LogP contribution in [-0.4, -0.2) is 38.2 Å². The molecule has 1 unspecified atom stereocenters. The largest absolute Gasteiger partial charge is 0.384 e. The molecule has 0 bridgehead atoms. The second-order valence-electron chi connectivity index (χ2n) is 4.34. The molecule has 0 spiro atoms. The number of aliphatic hydroxyl groups excluding tert-OH is 1. The molecule has 0 radical (unpaired) electrons. The molecule has 1 rings (SSSR count). The van der Waals surface area contributed by atoms with Crippen molar-refractivity contribution in [2.24, 2.45) is 0 Å². The number of sulfonamides is 1. The summed E-state index contributed by atoms with van der Waals surface area (Å²) in [5.74, 6) is 5.22. The fourth-order valence-electron chi connectivity index (χ4n) is 1.50. The molecule has 1 atom stereocenters. The zero-order valence-electron chi connectivity index (χ0n) is 11.8. The highest BCUT2D eigenvalue weighted by molar-refractivity contribution is 7.99. The highest BCUT2D eigenvalue weighted by Crippen LogP contribution is 2.17. The summed E-state index contributed by atoms with van der Waals surface area (Å²) in [6.45, 7) is 3.84. The van der Waals surface area contributed by atoms with E-state index < -0.39 is 10.0 Å². The standard InChI is InChI=1S/C14H19NO3S2/c1-11-6-7-13(5-4-8-16)9-14(11)20(17,18)15-10-12(2)19-3/h6-7,9,12,15-16H,8,10H2,1-3H3. The maximum absolute atomic E-state index is 12.3. The lowest BCUT2D eigenvalue weighted by Crippen LogP contribution is -2.30. The van der Waals surface area contributed by atoms with E-state index in [1.807, 2.05) is 13.2 Å². The number of benzene rings is 1. The smallest absolute Gasteiger partial charge is 0.240 e. The van der Waals surface area contributed by atoms with Gasteiger partial charge in [0.25, 0.3) is 0 Å². The van der Waals surface area contributed by atoms with Gasteiger partial charge in [-0.2, -0.15) is 11.8 Å². The predicted molar refractivity (Wildman–Crippen MR) is 83.3 cm³/mol. The molecule has 0 aliphatic heterocycles. The van der Waals surface area contributed by atoms with E-state index in [4.69, 9.17) is 5.11 Å². The highest BCUT2D eigenvalue weighted by atomic mass is 32.2. The summed E-state index contributed by atoms with van der Waals surface area (Å²) >= 11 is 1.60. The van der Waals surface area contributed by atoms with Gasteiger partial charge in [0.2, 0.25) is 10.0 Å². The lowest BCUT2D eigenvalue weighted by molar-refractivity contribution is 0.350. The number of thioether (sulfide) groups is 1. The van der Waals surface area contributed by atoms with Crippen molar-refractivity contribution in [3.63, 3.8) is 0 Å². The van der Waals surface area contributed by atoms with E-state index in [1.54, 1.807) is 30.8 Å². The van der Waals surface area contributed by atoms with Crippen molar-refractivity contribution in [2.75, 3.05) is 19.4 Å². The van der Waals surface area contributed by atoms with Gasteiger partial charge in [-0.3, -0.25) is 0 Å². The molecule has 0 aromatic heterocycles. The van der Waals surface area contributed by atoms with Crippen molar-refractivity contribution < 1.29 is 13.5 Å². The van der Waals surface area contributed by atoms with Gasteiger partial charge in [0, 0.05) is 17.4 Å². The van der Waals surface area contributed by atoms with Gasteiger partial charge in [0.15, 0.2) is 0 Å². The molecular weight excluding hydrogens is 294 g/mol. The number of hydrogen-bond donors (Lipinski definition) is 2. The van der Waals surface area contributed by atoms with Gasteiger partial charge < -0.3 is 5.11 Å². The minimum Gasteiger partial charge on any atom is -0.384 e. The predicted octanol–water partition coefficient (Wildman–Crippen LogP) is 1.37. The number of rotatable bonds is 5. The minimum atomic E-state index is -3.54. The van der Waals surface area contributed by atoms with E-state index in [9.17, 15) is 8.42 Å². The Morgan fingerprint density at radius 1 is 1.45 bits per heavy atom. The van der Waals surface area contributed by atoms with E-state index in [1.165, 1.54) is 6.07 Å². The zero-order chi connectivity index (χ0) is 15.2. The highest BCUT2D eigenvalue weighted by Gasteiger charge is 2.17. The second kappa shape index (κ2) is 7.70. The Morgan fingerprint density at radius 3 is 2.75 bits per heavy atom. The number of hydrogen-bond acceptors (Lipinski definition) is 4. The average molecular weight is 313 g/mol. The van der Waals surface area contributed by atoms with Gasteiger partial charge in [-0.25, -0.2) is 13.1 Å². The summed E-state index contributed by atoms with van der Waals surface area (Å²) < 4.78 is 27.2. The van der Waals surface area contributed by atoms with Gasteiger partial charge in [-0.1, -0.05) is 24.8 Å². The third kappa shape index (κ3) is 4.84. The van der Waals surface area contributed by atoms with Crippen LogP contribution in [0, 0.1) is 18.8 Å². The van der Waals surface area contributed by atoms with Gasteiger partial charge in [0.1, 0.15) is 6.61 Å². The lowest BCUT2D eigenvalue weighted by Gasteiger charge is -2.12. The van der Waals surface area contributed by atoms with E-state index >= 15 is 0 Å². The van der Waals surface area contributed by atoms with Crippen LogP contribution in [0.4, 0.5) is 0 Å². The van der Waals surface area contributed by atoms with Crippen molar-refractivity contribution in [1.82, 2.24) is 4.72 Å². The second-order valence-corrected chi connectivity index (χ2v) is 7.35. The van der Waals surface area contributed by atoms with Crippen molar-refractivity contribution in [3.05, 3.63) is 29.3 Å². The van der Waals surface area contributed by atoms with Crippen molar-refractivity contribution in [3.8, 4) is 11.8 Å². The number of nitrogens with one attached hydrogen (secondary N) is 1. The molecule has 0 aliphatic rings. The van der Waals surface area contributed by atoms with Crippen LogP contribution >= 0.6 is 11.8 Å². The van der Waals surface area contributed by atoms with Crippen LogP contribution in [0.5, 0.6) is 0 Å². The maximum Gasteiger partial charge on any atom is 0.240 e. The first-order valence-electron chi connectivity index (χ1n) is 6.13. The molecule has 110 valence electrons. The normalized spacial score (nSPS) is 12.6. The Morgan fingerprint density at radius 2 is 2.15 bits per heavy atom. The quantitative estimate of drug-likeness (QED) is 0.806. The van der Waals surface area contributed by atoms with Crippen LogP contribution in [0.25, 0.3) is 0 Å². The molecule has 0 aliphatic carbocycles. The summed E-state index contributed by atoms with van der Waals surface area (Å²) in [5.41, 5.74) is 1.24. The van der Waals surface area contributed by atoms with E-state index in [2.05, 4.69) is 16.6 Å². The third-order valence-corrected chi connectivity index (χ3v) is 5.29. The molecule has 1 aromatic carbocycles. The summed E-state index contributed by atoms with van der Waals surface area (Å²) in [4.78, 5) is 0.232. The van der Waals surface area contributed by atoms with Crippen LogP contribution in [0.2, 0.25) is 0 Å². The monoisotopic (exact) mass is 313 g/mol. The molecule has 0 amide bonds. The first-order valence-corrected chi connectivity index (χ1v) is 8.90. The Balaban J connectivity index is 3.04. The molecule has 2 N–H and O–H groups in total. The van der Waals surface area contributed by atoms with Crippen LogP contribution in [0.15, 0.2) is 23.1 Å². The van der Waals surface area contributed by atoms with Crippen molar-refractivity contribution in [1.29, 1.82) is 0 Å². The van der Waals surface area contributed by atoms with E-state index in [0.29, 0.717) is 17.7 Å². The lowest BCUT2D eigenvalue weighted by atomic mass is 10.1. The molecule has 0 saturated carbocycles. The summed E-state index contributed by atoms with van der Waals surface area (Å²) in [7, 11) is -3.54. The first-order chi connectivity index (χ1) is 9.40. The Hall–Kier alpha value is -1.00. The zero-order valence-corrected chi connectivity index (χ0v) is 13.4. The fourth-order valence-corrected chi connectivity index (χ4v) is 3.25. The summed E-state index contributed by atoms with van der Waals surface area (Å²) in [6.07, 6.45) is 1.94. The van der Waals surface area contributed by atoms with E-state index in [-0.39, 0.29) is 16.8 Å². The summed E-state index contributed by atoms with van der Waals surface area (Å²) in [6, 6.07) is 4.99. The third-order valence-electron chi connectivity index (χ3n) is 2.75. The molecule has 6 heteroatoms. The van der Waals surface area contributed by atoms with Crippen LogP contribution in [-0.2, 0) is 10.0 Å². The van der Waals surface area contributed by atoms with E-state index in [0.717, 1.165) is 0 Å². The topological polar surface area (TPSA) is 66.4 Å². The van der Waals surface area contributed by atoms with Crippen LogP contribution in [0.3, 0.4) is 0 Å². The average Bonchev–Trinajstić information content (AvgIpc) is 2.43. The van der Waals surface area contributed by atoms with Gasteiger partial charge in [-0.05, 0) is 30.9 Å². The Labute approximate surface area is 125 Å². The molecule has 0 fully saturated rings. The molecule has 4 nitrogen and oxygen atoms in total. The number of aliphatic hydroxyl groups is 1. The van der Waals surface area contributed by atoms with Gasteiger partial charge in [0.05, 0.1) is 4.90 Å². The first kappa shape index (κ1) is 17.1. The molecule has 20 heavy (non-hydrogen) atoms.